The van der Waals surface area contributed by atoms with Crippen LogP contribution < -0.4 is 5.73 Å². The molecule has 1 heterocycles. The zero-order valence-corrected chi connectivity index (χ0v) is 9.44. The minimum atomic E-state index is -0.812. The summed E-state index contributed by atoms with van der Waals surface area (Å²) in [6.07, 6.45) is 0.864. The molecular formula is C11H12F2N2S. The van der Waals surface area contributed by atoms with E-state index in [0.29, 0.717) is 11.7 Å². The van der Waals surface area contributed by atoms with Crippen molar-refractivity contribution in [1.82, 2.24) is 4.90 Å². The Hall–Kier alpha value is -1.23. The molecule has 0 aliphatic carbocycles. The van der Waals surface area contributed by atoms with Gasteiger partial charge in [0.15, 0.2) is 16.7 Å². The highest BCUT2D eigenvalue weighted by Gasteiger charge is 2.25. The first-order valence-corrected chi connectivity index (χ1v) is 5.48. The van der Waals surface area contributed by atoms with E-state index >= 15 is 0 Å². The fourth-order valence-corrected chi connectivity index (χ4v) is 2.16. The topological polar surface area (TPSA) is 29.3 Å². The van der Waals surface area contributed by atoms with Crippen molar-refractivity contribution in [2.75, 3.05) is 13.1 Å². The van der Waals surface area contributed by atoms with Crippen LogP contribution in [0.15, 0.2) is 18.2 Å². The van der Waals surface area contributed by atoms with Gasteiger partial charge in [0.2, 0.25) is 0 Å². The minimum Gasteiger partial charge on any atom is -0.376 e. The lowest BCUT2D eigenvalue weighted by Crippen LogP contribution is -2.33. The molecule has 1 aliphatic rings. The van der Waals surface area contributed by atoms with Gasteiger partial charge in [0, 0.05) is 19.0 Å². The van der Waals surface area contributed by atoms with E-state index in [9.17, 15) is 8.78 Å². The minimum absolute atomic E-state index is 0.177. The molecule has 0 amide bonds. The van der Waals surface area contributed by atoms with Crippen molar-refractivity contribution in [2.24, 2.45) is 5.73 Å². The molecule has 0 saturated carbocycles. The lowest BCUT2D eigenvalue weighted by Gasteiger charge is -2.15. The van der Waals surface area contributed by atoms with Crippen LogP contribution in [0.1, 0.15) is 17.9 Å². The normalized spacial score (nSPS) is 20.1. The van der Waals surface area contributed by atoms with E-state index in [4.69, 9.17) is 18.0 Å². The highest BCUT2D eigenvalue weighted by molar-refractivity contribution is 7.80. The number of thiocarbonyl (C=S) groups is 1. The van der Waals surface area contributed by atoms with Gasteiger partial charge in [-0.25, -0.2) is 8.78 Å². The van der Waals surface area contributed by atoms with Crippen molar-refractivity contribution >= 4 is 17.3 Å². The summed E-state index contributed by atoms with van der Waals surface area (Å²) >= 11 is 4.87. The van der Waals surface area contributed by atoms with Gasteiger partial charge in [0.05, 0.1) is 0 Å². The van der Waals surface area contributed by atoms with Crippen LogP contribution in [0.3, 0.4) is 0 Å². The predicted molar refractivity (Wildman–Crippen MR) is 62.1 cm³/mol. The molecule has 2 N–H and O–H groups in total. The highest BCUT2D eigenvalue weighted by Crippen LogP contribution is 2.27. The lowest BCUT2D eigenvalue weighted by molar-refractivity contribution is 0.500. The summed E-state index contributed by atoms with van der Waals surface area (Å²) in [5.41, 5.74) is 6.32. The summed E-state index contributed by atoms with van der Waals surface area (Å²) in [6, 6.07) is 4.03. The quantitative estimate of drug-likeness (QED) is 0.764. The second-order valence-corrected chi connectivity index (χ2v) is 4.36. The maximum Gasteiger partial charge on any atom is 0.166 e. The molecular weight excluding hydrogens is 230 g/mol. The first-order valence-electron chi connectivity index (χ1n) is 5.07. The molecule has 0 bridgehead atoms. The summed E-state index contributed by atoms with van der Waals surface area (Å²) in [5.74, 6) is -1.43. The molecule has 0 radical (unpaired) electrons. The molecule has 1 aliphatic heterocycles. The van der Waals surface area contributed by atoms with Crippen molar-refractivity contribution in [3.05, 3.63) is 35.4 Å². The number of likely N-dealkylation sites (tertiary alicyclic amines) is 1. The molecule has 2 rings (SSSR count). The van der Waals surface area contributed by atoms with Crippen molar-refractivity contribution < 1.29 is 8.78 Å². The molecule has 86 valence electrons. The Bertz CT molecular complexity index is 422. The molecule has 16 heavy (non-hydrogen) atoms. The molecule has 1 saturated heterocycles. The van der Waals surface area contributed by atoms with Crippen LogP contribution in [0, 0.1) is 11.6 Å². The number of nitrogens with zero attached hydrogens (tertiary/aromatic N) is 1. The van der Waals surface area contributed by atoms with Crippen LogP contribution >= 0.6 is 12.2 Å². The Morgan fingerprint density at radius 1 is 1.38 bits per heavy atom. The third kappa shape index (κ3) is 2.14. The molecule has 0 spiro atoms. The average Bonchev–Trinajstić information content (AvgIpc) is 2.71. The van der Waals surface area contributed by atoms with Gasteiger partial charge in [-0.2, -0.15) is 0 Å². The zero-order valence-electron chi connectivity index (χ0n) is 8.62. The molecule has 1 aromatic carbocycles. The molecule has 0 aromatic heterocycles. The Kier molecular flexibility index (Phi) is 3.05. The van der Waals surface area contributed by atoms with E-state index in [-0.39, 0.29) is 5.92 Å². The largest absolute Gasteiger partial charge is 0.376 e. The molecule has 1 atom stereocenters. The summed E-state index contributed by atoms with van der Waals surface area (Å²) in [4.78, 5) is 1.88. The van der Waals surface area contributed by atoms with E-state index in [1.165, 1.54) is 6.07 Å². The molecule has 1 fully saturated rings. The molecule has 2 nitrogen and oxygen atoms in total. The van der Waals surface area contributed by atoms with Gasteiger partial charge in [0.25, 0.3) is 0 Å². The van der Waals surface area contributed by atoms with Gasteiger partial charge in [-0.3, -0.25) is 0 Å². The van der Waals surface area contributed by atoms with E-state index in [0.717, 1.165) is 24.6 Å². The van der Waals surface area contributed by atoms with E-state index < -0.39 is 11.6 Å². The van der Waals surface area contributed by atoms with Crippen molar-refractivity contribution in [3.63, 3.8) is 0 Å². The number of hydrogen-bond acceptors (Lipinski definition) is 1. The number of benzene rings is 1. The SMILES string of the molecule is NC(=S)N1CCC(c2ccc(F)c(F)c2)C1. The second-order valence-electron chi connectivity index (χ2n) is 3.94. The number of rotatable bonds is 1. The Morgan fingerprint density at radius 2 is 2.12 bits per heavy atom. The summed E-state index contributed by atoms with van der Waals surface area (Å²) < 4.78 is 25.8. The van der Waals surface area contributed by atoms with Crippen LogP contribution in [0.4, 0.5) is 8.78 Å². The average molecular weight is 242 g/mol. The van der Waals surface area contributed by atoms with Gasteiger partial charge in [0.1, 0.15) is 0 Å². The Labute approximate surface area is 98.0 Å². The molecule has 1 aromatic rings. The lowest BCUT2D eigenvalue weighted by atomic mass is 9.98. The van der Waals surface area contributed by atoms with Crippen molar-refractivity contribution in [3.8, 4) is 0 Å². The first-order chi connectivity index (χ1) is 7.58. The highest BCUT2D eigenvalue weighted by atomic mass is 32.1. The van der Waals surface area contributed by atoms with E-state index in [1.54, 1.807) is 6.07 Å². The fourth-order valence-electron chi connectivity index (χ4n) is 2.00. The van der Waals surface area contributed by atoms with E-state index in [2.05, 4.69) is 0 Å². The standard InChI is InChI=1S/C11H12F2N2S/c12-9-2-1-7(5-10(9)13)8-3-4-15(6-8)11(14)16/h1-2,5,8H,3-4,6H2,(H2,14,16). The smallest absolute Gasteiger partial charge is 0.166 e. The Balaban J connectivity index is 2.14. The number of nitrogens with two attached hydrogens (primary N) is 1. The zero-order chi connectivity index (χ0) is 11.7. The fraction of sp³-hybridized carbons (Fsp3) is 0.364. The summed E-state index contributed by atoms with van der Waals surface area (Å²) in [5, 5.41) is 0.366. The number of halogens is 2. The molecule has 5 heteroatoms. The molecule has 1 unspecified atom stereocenters. The second kappa shape index (κ2) is 4.33. The maximum absolute atomic E-state index is 13.0. The van der Waals surface area contributed by atoms with Gasteiger partial charge >= 0.3 is 0 Å². The van der Waals surface area contributed by atoms with Crippen LogP contribution in [0.25, 0.3) is 0 Å². The van der Waals surface area contributed by atoms with Crippen LogP contribution in [-0.2, 0) is 0 Å². The van der Waals surface area contributed by atoms with Crippen molar-refractivity contribution in [2.45, 2.75) is 12.3 Å². The van der Waals surface area contributed by atoms with Crippen molar-refractivity contribution in [1.29, 1.82) is 0 Å². The first kappa shape index (κ1) is 11.3. The van der Waals surface area contributed by atoms with Gasteiger partial charge < -0.3 is 10.6 Å². The van der Waals surface area contributed by atoms with Gasteiger partial charge in [-0.05, 0) is 36.3 Å². The van der Waals surface area contributed by atoms with E-state index in [1.807, 2.05) is 4.90 Å². The van der Waals surface area contributed by atoms with Crippen LogP contribution in [-0.4, -0.2) is 23.1 Å². The summed E-state index contributed by atoms with van der Waals surface area (Å²) in [7, 11) is 0. The third-order valence-corrected chi connectivity index (χ3v) is 3.17. The van der Waals surface area contributed by atoms with Gasteiger partial charge in [-0.15, -0.1) is 0 Å². The van der Waals surface area contributed by atoms with Crippen LogP contribution in [0.2, 0.25) is 0 Å². The predicted octanol–water partition coefficient (Wildman–Crippen LogP) is 2.00. The number of hydrogen-bond donors (Lipinski definition) is 1. The van der Waals surface area contributed by atoms with Gasteiger partial charge in [-0.1, -0.05) is 6.07 Å². The summed E-state index contributed by atoms with van der Waals surface area (Å²) in [6.45, 7) is 1.46. The monoisotopic (exact) mass is 242 g/mol. The van der Waals surface area contributed by atoms with Crippen LogP contribution in [0.5, 0.6) is 0 Å². The Morgan fingerprint density at radius 3 is 2.69 bits per heavy atom. The third-order valence-electron chi connectivity index (χ3n) is 2.91. The maximum atomic E-state index is 13.0.